The lowest BCUT2D eigenvalue weighted by Crippen LogP contribution is -2.38. The maximum absolute atomic E-state index is 9.83. The molecule has 1 saturated carbocycles. The third kappa shape index (κ3) is 3.56. The summed E-state index contributed by atoms with van der Waals surface area (Å²) in [5, 5.41) is 19.5. The van der Waals surface area contributed by atoms with Crippen LogP contribution in [-0.4, -0.2) is 47.0 Å². The molecule has 14 heavy (non-hydrogen) atoms. The molecule has 84 valence electrons. The van der Waals surface area contributed by atoms with Crippen LogP contribution in [0.25, 0.3) is 0 Å². The lowest BCUT2D eigenvalue weighted by molar-refractivity contribution is -0.0506. The smallest absolute Gasteiger partial charge is 0.0668 e. The van der Waals surface area contributed by atoms with Crippen molar-refractivity contribution < 1.29 is 10.2 Å². The van der Waals surface area contributed by atoms with Crippen LogP contribution in [0.1, 0.15) is 39.0 Å². The molecule has 1 fully saturated rings. The highest BCUT2D eigenvalue weighted by Gasteiger charge is 2.34. The second-order valence-corrected chi connectivity index (χ2v) is 4.63. The lowest BCUT2D eigenvalue weighted by Gasteiger charge is -2.37. The summed E-state index contributed by atoms with van der Waals surface area (Å²) in [7, 11) is 2.00. The monoisotopic (exact) mass is 201 g/mol. The molecule has 0 heterocycles. The van der Waals surface area contributed by atoms with Gasteiger partial charge in [-0.2, -0.15) is 0 Å². The molecule has 1 aliphatic carbocycles. The Bertz CT molecular complexity index is 169. The van der Waals surface area contributed by atoms with E-state index in [-0.39, 0.29) is 6.10 Å². The van der Waals surface area contributed by atoms with Crippen molar-refractivity contribution in [3.63, 3.8) is 0 Å². The molecule has 0 aromatic carbocycles. The van der Waals surface area contributed by atoms with Crippen LogP contribution < -0.4 is 0 Å². The molecular formula is C11H23NO2. The van der Waals surface area contributed by atoms with Crippen molar-refractivity contribution in [3.05, 3.63) is 0 Å². The van der Waals surface area contributed by atoms with Crippen LogP contribution in [0.15, 0.2) is 0 Å². The Balaban J connectivity index is 2.11. The van der Waals surface area contributed by atoms with Gasteiger partial charge >= 0.3 is 0 Å². The van der Waals surface area contributed by atoms with Gasteiger partial charge in [0.05, 0.1) is 11.7 Å². The highest BCUT2D eigenvalue weighted by Crippen LogP contribution is 2.35. The lowest BCUT2D eigenvalue weighted by atomic mass is 9.76. The number of nitrogens with zero attached hydrogens (tertiary/aromatic N) is 1. The van der Waals surface area contributed by atoms with E-state index in [0.717, 1.165) is 38.6 Å². The number of hydrogen-bond acceptors (Lipinski definition) is 3. The first-order valence-corrected chi connectivity index (χ1v) is 5.65. The summed E-state index contributed by atoms with van der Waals surface area (Å²) < 4.78 is 0. The molecule has 3 heteroatoms. The first-order chi connectivity index (χ1) is 6.56. The van der Waals surface area contributed by atoms with Crippen molar-refractivity contribution >= 4 is 0 Å². The Morgan fingerprint density at radius 2 is 2.07 bits per heavy atom. The Hall–Kier alpha value is -0.120. The zero-order valence-corrected chi connectivity index (χ0v) is 9.37. The molecular weight excluding hydrogens is 178 g/mol. The fourth-order valence-corrected chi connectivity index (χ4v) is 1.85. The first kappa shape index (κ1) is 12.0. The minimum absolute atomic E-state index is 0.287. The molecule has 0 spiro atoms. The van der Waals surface area contributed by atoms with Crippen LogP contribution in [-0.2, 0) is 0 Å². The van der Waals surface area contributed by atoms with Gasteiger partial charge in [0.1, 0.15) is 0 Å². The maximum Gasteiger partial charge on any atom is 0.0668 e. The molecule has 0 aromatic heterocycles. The first-order valence-electron chi connectivity index (χ1n) is 5.65. The van der Waals surface area contributed by atoms with E-state index in [4.69, 9.17) is 0 Å². The van der Waals surface area contributed by atoms with Crippen molar-refractivity contribution in [3.8, 4) is 0 Å². The van der Waals surface area contributed by atoms with Gasteiger partial charge in [0.2, 0.25) is 0 Å². The van der Waals surface area contributed by atoms with Crippen LogP contribution in [0.2, 0.25) is 0 Å². The van der Waals surface area contributed by atoms with Gasteiger partial charge in [0.15, 0.2) is 0 Å². The van der Waals surface area contributed by atoms with Gasteiger partial charge in [-0.3, -0.25) is 0 Å². The topological polar surface area (TPSA) is 43.7 Å². The standard InChI is InChI=1S/C11H23NO2/c1-3-12(2)9-10(13)5-8-11(14)6-4-7-11/h10,13-14H,3-9H2,1-2H3. The maximum atomic E-state index is 9.83. The van der Waals surface area contributed by atoms with E-state index >= 15 is 0 Å². The van der Waals surface area contributed by atoms with Crippen LogP contribution >= 0.6 is 0 Å². The van der Waals surface area contributed by atoms with Gasteiger partial charge in [0.25, 0.3) is 0 Å². The average Bonchev–Trinajstić information content (AvgIpc) is 2.11. The fraction of sp³-hybridized carbons (Fsp3) is 1.00. The number of aliphatic hydroxyl groups is 2. The van der Waals surface area contributed by atoms with Crippen LogP contribution in [0.5, 0.6) is 0 Å². The van der Waals surface area contributed by atoms with Crippen LogP contribution in [0.3, 0.4) is 0 Å². The molecule has 0 aliphatic heterocycles. The highest BCUT2D eigenvalue weighted by atomic mass is 16.3. The minimum atomic E-state index is -0.439. The molecule has 3 nitrogen and oxygen atoms in total. The minimum Gasteiger partial charge on any atom is -0.392 e. The van der Waals surface area contributed by atoms with Crippen molar-refractivity contribution in [2.24, 2.45) is 0 Å². The largest absolute Gasteiger partial charge is 0.392 e. The van der Waals surface area contributed by atoms with Gasteiger partial charge in [-0.1, -0.05) is 6.92 Å². The van der Waals surface area contributed by atoms with E-state index in [1.54, 1.807) is 0 Å². The molecule has 1 aliphatic rings. The molecule has 0 bridgehead atoms. The van der Waals surface area contributed by atoms with E-state index in [2.05, 4.69) is 11.8 Å². The fourth-order valence-electron chi connectivity index (χ4n) is 1.85. The van der Waals surface area contributed by atoms with Crippen molar-refractivity contribution in [2.45, 2.75) is 50.7 Å². The van der Waals surface area contributed by atoms with Crippen molar-refractivity contribution in [1.29, 1.82) is 0 Å². The zero-order valence-electron chi connectivity index (χ0n) is 9.37. The summed E-state index contributed by atoms with van der Waals surface area (Å²) in [6, 6.07) is 0. The Morgan fingerprint density at radius 3 is 2.50 bits per heavy atom. The normalized spacial score (nSPS) is 22.1. The molecule has 2 N–H and O–H groups in total. The highest BCUT2D eigenvalue weighted by molar-refractivity contribution is 4.87. The third-order valence-corrected chi connectivity index (χ3v) is 3.29. The quantitative estimate of drug-likeness (QED) is 0.673. The van der Waals surface area contributed by atoms with Crippen LogP contribution in [0.4, 0.5) is 0 Å². The second-order valence-electron chi connectivity index (χ2n) is 4.63. The second kappa shape index (κ2) is 5.10. The van der Waals surface area contributed by atoms with Crippen molar-refractivity contribution in [2.75, 3.05) is 20.1 Å². The Morgan fingerprint density at radius 1 is 1.43 bits per heavy atom. The van der Waals surface area contributed by atoms with Gasteiger partial charge in [0, 0.05) is 6.54 Å². The summed E-state index contributed by atoms with van der Waals surface area (Å²) in [4.78, 5) is 2.09. The summed E-state index contributed by atoms with van der Waals surface area (Å²) in [5.41, 5.74) is -0.439. The number of likely N-dealkylation sites (N-methyl/N-ethyl adjacent to an activating group) is 1. The molecule has 0 saturated heterocycles. The Kier molecular flexibility index (Phi) is 4.35. The predicted molar refractivity (Wildman–Crippen MR) is 57.2 cm³/mol. The van der Waals surface area contributed by atoms with E-state index in [9.17, 15) is 10.2 Å². The third-order valence-electron chi connectivity index (χ3n) is 3.29. The molecule has 0 aromatic rings. The van der Waals surface area contributed by atoms with Gasteiger partial charge in [-0.15, -0.1) is 0 Å². The molecule has 1 atom stereocenters. The zero-order chi connectivity index (χ0) is 10.6. The number of aliphatic hydroxyl groups excluding tert-OH is 1. The number of rotatable bonds is 6. The van der Waals surface area contributed by atoms with Gasteiger partial charge in [-0.25, -0.2) is 0 Å². The molecule has 1 unspecified atom stereocenters. The summed E-state index contributed by atoms with van der Waals surface area (Å²) in [6.07, 6.45) is 4.17. The van der Waals surface area contributed by atoms with Crippen LogP contribution in [0, 0.1) is 0 Å². The predicted octanol–water partition coefficient (Wildman–Crippen LogP) is 0.994. The van der Waals surface area contributed by atoms with Gasteiger partial charge in [-0.05, 0) is 45.7 Å². The Labute approximate surface area is 86.7 Å². The average molecular weight is 201 g/mol. The molecule has 1 rings (SSSR count). The number of hydrogen-bond donors (Lipinski definition) is 2. The van der Waals surface area contributed by atoms with Crippen molar-refractivity contribution in [1.82, 2.24) is 4.90 Å². The van der Waals surface area contributed by atoms with Gasteiger partial charge < -0.3 is 15.1 Å². The summed E-state index contributed by atoms with van der Waals surface area (Å²) >= 11 is 0. The summed E-state index contributed by atoms with van der Waals surface area (Å²) in [5.74, 6) is 0. The molecule has 0 amide bonds. The summed E-state index contributed by atoms with van der Waals surface area (Å²) in [6.45, 7) is 3.75. The van der Waals surface area contributed by atoms with E-state index in [1.165, 1.54) is 0 Å². The molecule has 0 radical (unpaired) electrons. The SMILES string of the molecule is CCN(C)CC(O)CCC1(O)CCC1. The van der Waals surface area contributed by atoms with E-state index in [1.807, 2.05) is 7.05 Å². The van der Waals surface area contributed by atoms with E-state index in [0.29, 0.717) is 6.54 Å². The van der Waals surface area contributed by atoms with E-state index < -0.39 is 5.60 Å².